The van der Waals surface area contributed by atoms with Crippen LogP contribution in [0.25, 0.3) is 0 Å². The Kier molecular flexibility index (Phi) is 24.1. The fourth-order valence-corrected chi connectivity index (χ4v) is 11.1. The number of ketones is 1. The second-order valence-electron chi connectivity index (χ2n) is 21.8. The van der Waals surface area contributed by atoms with Gasteiger partial charge in [-0.3, -0.25) is 19.2 Å². The van der Waals surface area contributed by atoms with Crippen LogP contribution in [0.2, 0.25) is 0 Å². The van der Waals surface area contributed by atoms with Crippen LogP contribution in [0.5, 0.6) is 11.5 Å². The summed E-state index contributed by atoms with van der Waals surface area (Å²) in [6, 6.07) is 56.4. The highest BCUT2D eigenvalue weighted by Crippen LogP contribution is 2.47. The maximum absolute atomic E-state index is 14.5. The van der Waals surface area contributed by atoms with Crippen LogP contribution in [-0.2, 0) is 67.4 Å². The third-order valence-corrected chi connectivity index (χ3v) is 15.8. The molecule has 7 aromatic carbocycles. The molecule has 21 nitrogen and oxygen atoms in total. The fourth-order valence-electron chi connectivity index (χ4n) is 11.1. The van der Waals surface area contributed by atoms with E-state index in [1.165, 1.54) is 55.6 Å². The molecule has 8 atom stereocenters. The standard InChI is InChI=1S/C72H72N2O19/c1-73-61(76)37-38-63(78)86-43-51-41-57(93-72(52-27-17-8-18-28-52,53-29-33-55(83-2)34-30-53)54-31-35-56(84-3)36-32-54)42-58(51)59(75)44-85-40-39-74-62(77)46-88-71-66(92-70(82)50-25-15-7-16-26-50)65(91-69(81)49-23-13-6-14-24-49)64(90-68(80)48-21-11-5-12-22-48)60(89-71)45-87-67(79)47-19-9-4-10-20-47/h4-36,51,57-58,60,64-66,71H,37-46H2,1-3H3,(H,73,76)(H,74,77)/t51-,57+,58?,60?,64+,65-,66?,71-/m0/s1. The second kappa shape index (κ2) is 33.3. The van der Waals surface area contributed by atoms with Gasteiger partial charge in [0.05, 0.1) is 62.2 Å². The van der Waals surface area contributed by atoms with Crippen molar-refractivity contribution in [3.63, 3.8) is 0 Å². The highest BCUT2D eigenvalue weighted by molar-refractivity contribution is 5.92. The van der Waals surface area contributed by atoms with Crippen LogP contribution < -0.4 is 20.1 Å². The predicted octanol–water partition coefficient (Wildman–Crippen LogP) is 8.45. The molecule has 0 bridgehead atoms. The molecule has 1 saturated carbocycles. The highest BCUT2D eigenvalue weighted by Gasteiger charge is 2.54. The third-order valence-electron chi connectivity index (χ3n) is 15.8. The summed E-state index contributed by atoms with van der Waals surface area (Å²) in [7, 11) is 4.64. The number of carbonyl (C=O) groups is 8. The number of benzene rings is 7. The first-order chi connectivity index (χ1) is 45.3. The van der Waals surface area contributed by atoms with Gasteiger partial charge in [-0.15, -0.1) is 0 Å². The van der Waals surface area contributed by atoms with Crippen LogP contribution in [-0.4, -0.2) is 145 Å². The minimum atomic E-state index is -1.76. The zero-order valence-corrected chi connectivity index (χ0v) is 51.5. The van der Waals surface area contributed by atoms with Crippen molar-refractivity contribution in [3.8, 4) is 11.5 Å². The Balaban J connectivity index is 0.911. The highest BCUT2D eigenvalue weighted by atomic mass is 16.7. The van der Waals surface area contributed by atoms with Crippen molar-refractivity contribution in [2.45, 2.75) is 68.1 Å². The topological polar surface area (TPSA) is 262 Å². The third kappa shape index (κ3) is 17.9. The van der Waals surface area contributed by atoms with Crippen LogP contribution >= 0.6 is 0 Å². The van der Waals surface area contributed by atoms with Crippen LogP contribution in [0, 0.1) is 11.8 Å². The number of amides is 2. The molecule has 2 amide bonds. The molecule has 0 aromatic heterocycles. The fraction of sp³-hybridized carbons (Fsp3) is 0.306. The lowest BCUT2D eigenvalue weighted by atomic mass is 9.79. The Bertz CT molecular complexity index is 3550. The number of hydrogen-bond acceptors (Lipinski definition) is 19. The first kappa shape index (κ1) is 67.3. The van der Waals surface area contributed by atoms with Crippen LogP contribution in [0.1, 0.15) is 83.8 Å². The molecule has 1 aliphatic carbocycles. The van der Waals surface area contributed by atoms with Crippen molar-refractivity contribution in [2.75, 3.05) is 60.8 Å². The smallest absolute Gasteiger partial charge is 0.338 e. The molecular formula is C72H72N2O19. The van der Waals surface area contributed by atoms with Gasteiger partial charge < -0.3 is 62.7 Å². The van der Waals surface area contributed by atoms with Gasteiger partial charge in [0.2, 0.25) is 11.8 Å². The van der Waals surface area contributed by atoms with Gasteiger partial charge >= 0.3 is 29.8 Å². The Morgan fingerprint density at radius 2 is 0.968 bits per heavy atom. The molecule has 2 aliphatic rings. The number of rotatable bonds is 30. The van der Waals surface area contributed by atoms with Crippen molar-refractivity contribution in [3.05, 3.63) is 239 Å². The Hall–Kier alpha value is -10.1. The molecule has 1 saturated heterocycles. The molecule has 2 fully saturated rings. The van der Waals surface area contributed by atoms with Crippen molar-refractivity contribution in [2.24, 2.45) is 11.8 Å². The van der Waals surface area contributed by atoms with Crippen LogP contribution in [0.15, 0.2) is 200 Å². The summed E-state index contributed by atoms with van der Waals surface area (Å²) in [5.74, 6) is -5.50. The summed E-state index contributed by atoms with van der Waals surface area (Å²) >= 11 is 0. The Morgan fingerprint density at radius 1 is 0.495 bits per heavy atom. The first-order valence-electron chi connectivity index (χ1n) is 30.3. The zero-order valence-electron chi connectivity index (χ0n) is 51.5. The summed E-state index contributed by atoms with van der Waals surface area (Å²) in [6.45, 7) is -2.22. The SMILES string of the molecule is CNC(=O)CCC(=O)OC[C@@H]1C[C@@H](OC(c2ccccc2)(c2ccc(OC)cc2)c2ccc(OC)cc2)CC1C(=O)COCCNC(=O)CO[C@H]1OC(COC(=O)c2ccccc2)[C@@H](OC(=O)c2ccccc2)[C@H](OC(=O)c2ccccc2)C1OC(=O)c1ccccc1. The van der Waals surface area contributed by atoms with Crippen LogP contribution in [0.3, 0.4) is 0 Å². The van der Waals surface area contributed by atoms with Gasteiger partial charge in [0.25, 0.3) is 0 Å². The summed E-state index contributed by atoms with van der Waals surface area (Å²) in [4.78, 5) is 109. The largest absolute Gasteiger partial charge is 0.497 e. The van der Waals surface area contributed by atoms with E-state index in [0.29, 0.717) is 17.9 Å². The average molecular weight is 1270 g/mol. The van der Waals surface area contributed by atoms with Gasteiger partial charge in [-0.2, -0.15) is 0 Å². The summed E-state index contributed by atoms with van der Waals surface area (Å²) in [5, 5.41) is 5.18. The molecule has 2 N–H and O–H groups in total. The number of nitrogens with one attached hydrogen (secondary N) is 2. The molecule has 1 heterocycles. The molecule has 93 heavy (non-hydrogen) atoms. The summed E-state index contributed by atoms with van der Waals surface area (Å²) in [5.41, 5.74) is 1.54. The van der Waals surface area contributed by atoms with E-state index in [9.17, 15) is 38.4 Å². The van der Waals surface area contributed by atoms with E-state index in [1.54, 1.807) is 87.0 Å². The minimum Gasteiger partial charge on any atom is -0.497 e. The van der Waals surface area contributed by atoms with Crippen LogP contribution in [0.4, 0.5) is 0 Å². The van der Waals surface area contributed by atoms with Gasteiger partial charge in [-0.05, 0) is 102 Å². The molecule has 21 heteroatoms. The number of esters is 5. The van der Waals surface area contributed by atoms with E-state index in [2.05, 4.69) is 10.6 Å². The number of hydrogen-bond donors (Lipinski definition) is 2. The van der Waals surface area contributed by atoms with Crippen molar-refractivity contribution in [1.29, 1.82) is 0 Å². The number of methoxy groups -OCH3 is 2. The van der Waals surface area contributed by atoms with Gasteiger partial charge in [-0.25, -0.2) is 19.2 Å². The predicted molar refractivity (Wildman–Crippen MR) is 335 cm³/mol. The maximum Gasteiger partial charge on any atom is 0.338 e. The summed E-state index contributed by atoms with van der Waals surface area (Å²) < 4.78 is 66.6. The number of Topliss-reactive ketones (excluding diaryl/α,β-unsaturated/α-hetero) is 1. The van der Waals surface area contributed by atoms with E-state index in [1.807, 2.05) is 78.9 Å². The first-order valence-corrected chi connectivity index (χ1v) is 30.3. The van der Waals surface area contributed by atoms with E-state index >= 15 is 0 Å². The Labute approximate surface area is 537 Å². The number of ether oxygens (including phenoxy) is 11. The minimum absolute atomic E-state index is 0.0754. The van der Waals surface area contributed by atoms with E-state index in [-0.39, 0.29) is 73.0 Å². The molecule has 7 aromatic rings. The van der Waals surface area contributed by atoms with E-state index < -0.39 is 110 Å². The lowest BCUT2D eigenvalue weighted by Gasteiger charge is -2.44. The molecule has 0 spiro atoms. The molecule has 9 rings (SSSR count). The van der Waals surface area contributed by atoms with Gasteiger partial charge in [0.1, 0.15) is 43.0 Å². The summed E-state index contributed by atoms with van der Waals surface area (Å²) in [6.07, 6.45) is -8.71. The van der Waals surface area contributed by atoms with Crippen molar-refractivity contribution in [1.82, 2.24) is 10.6 Å². The van der Waals surface area contributed by atoms with Gasteiger partial charge in [0.15, 0.2) is 30.4 Å². The van der Waals surface area contributed by atoms with Crippen molar-refractivity contribution < 1.29 is 90.5 Å². The molecule has 0 radical (unpaired) electrons. The van der Waals surface area contributed by atoms with Gasteiger partial charge in [0, 0.05) is 31.8 Å². The number of carbonyl (C=O) groups excluding carboxylic acids is 8. The lowest BCUT2D eigenvalue weighted by Crippen LogP contribution is -2.63. The zero-order chi connectivity index (χ0) is 65.5. The molecular weight excluding hydrogens is 1200 g/mol. The lowest BCUT2D eigenvalue weighted by molar-refractivity contribution is -0.296. The molecule has 484 valence electrons. The van der Waals surface area contributed by atoms with Crippen molar-refractivity contribution >= 4 is 47.4 Å². The quantitative estimate of drug-likeness (QED) is 0.0185. The molecule has 1 aliphatic heterocycles. The van der Waals surface area contributed by atoms with E-state index in [0.717, 1.165) is 16.7 Å². The average Bonchev–Trinajstić information content (AvgIpc) is 1.61. The normalized spacial score (nSPS) is 19.2. The Morgan fingerprint density at radius 3 is 1.47 bits per heavy atom. The van der Waals surface area contributed by atoms with Gasteiger partial charge in [-0.1, -0.05) is 127 Å². The second-order valence-corrected chi connectivity index (χ2v) is 21.8. The molecule has 3 unspecified atom stereocenters. The van der Waals surface area contributed by atoms with E-state index in [4.69, 9.17) is 52.1 Å². The monoisotopic (exact) mass is 1270 g/mol. The maximum atomic E-state index is 14.5.